The Bertz CT molecular complexity index is 866. The van der Waals surface area contributed by atoms with E-state index in [1.54, 1.807) is 39.5 Å². The van der Waals surface area contributed by atoms with Gasteiger partial charge in [-0.25, -0.2) is 0 Å². The zero-order chi connectivity index (χ0) is 21.2. The van der Waals surface area contributed by atoms with Crippen molar-refractivity contribution in [2.24, 2.45) is 11.3 Å². The lowest BCUT2D eigenvalue weighted by atomic mass is 9.55. The Morgan fingerprint density at radius 2 is 1.83 bits per heavy atom. The molecule has 1 fully saturated rings. The number of methoxy groups -OCH3 is 3. The molecule has 0 spiro atoms. The van der Waals surface area contributed by atoms with E-state index in [1.165, 1.54) is 0 Å². The zero-order valence-electron chi connectivity index (χ0n) is 17.7. The van der Waals surface area contributed by atoms with Crippen LogP contribution in [-0.4, -0.2) is 38.3 Å². The number of carbonyl (C=O) groups excluding carboxylic acids is 1. The Morgan fingerprint density at radius 3 is 2.45 bits per heavy atom. The van der Waals surface area contributed by atoms with Gasteiger partial charge in [-0.1, -0.05) is 18.6 Å². The Balaban J connectivity index is 2.16. The minimum absolute atomic E-state index is 0.0156. The predicted molar refractivity (Wildman–Crippen MR) is 113 cm³/mol. The first-order valence-corrected chi connectivity index (χ1v) is 9.98. The number of ether oxygens (including phenoxy) is 3. The molecule has 2 aliphatic carbocycles. The summed E-state index contributed by atoms with van der Waals surface area (Å²) in [5, 5.41) is 11.0. The van der Waals surface area contributed by atoms with Gasteiger partial charge in [0.05, 0.1) is 27.4 Å². The molecule has 1 N–H and O–H groups in total. The van der Waals surface area contributed by atoms with E-state index in [9.17, 15) is 9.90 Å². The minimum atomic E-state index is -0.501. The van der Waals surface area contributed by atoms with Gasteiger partial charge in [-0.2, -0.15) is 0 Å². The molecule has 3 rings (SSSR count). The van der Waals surface area contributed by atoms with Crippen molar-refractivity contribution in [2.45, 2.75) is 38.7 Å². The zero-order valence-corrected chi connectivity index (χ0v) is 17.7. The van der Waals surface area contributed by atoms with Gasteiger partial charge in [0.25, 0.3) is 0 Å². The minimum Gasteiger partial charge on any atom is -0.496 e. The number of aliphatic hydroxyl groups excluding tert-OH is 1. The number of ketones is 1. The van der Waals surface area contributed by atoms with Crippen LogP contribution < -0.4 is 14.2 Å². The van der Waals surface area contributed by atoms with Crippen LogP contribution in [0.25, 0.3) is 6.08 Å². The summed E-state index contributed by atoms with van der Waals surface area (Å²) in [7, 11) is 4.72. The van der Waals surface area contributed by atoms with E-state index in [-0.39, 0.29) is 11.7 Å². The van der Waals surface area contributed by atoms with Gasteiger partial charge in [0.1, 0.15) is 5.75 Å². The number of fused-ring (bicyclic) bond motifs is 1. The van der Waals surface area contributed by atoms with Gasteiger partial charge in [-0.15, -0.1) is 6.58 Å². The van der Waals surface area contributed by atoms with Crippen molar-refractivity contribution in [3.05, 3.63) is 47.6 Å². The molecule has 1 saturated carbocycles. The number of allylic oxidation sites excluding steroid dienone is 3. The van der Waals surface area contributed by atoms with Gasteiger partial charge >= 0.3 is 0 Å². The van der Waals surface area contributed by atoms with Crippen LogP contribution in [-0.2, 0) is 4.79 Å². The molecule has 5 heteroatoms. The number of hydrogen-bond donors (Lipinski definition) is 1. The van der Waals surface area contributed by atoms with Gasteiger partial charge in [0.2, 0.25) is 0 Å². The summed E-state index contributed by atoms with van der Waals surface area (Å²) in [6.07, 6.45) is 8.04. The molecule has 0 aromatic heterocycles. The van der Waals surface area contributed by atoms with Crippen molar-refractivity contribution in [1.82, 2.24) is 0 Å². The van der Waals surface area contributed by atoms with E-state index >= 15 is 0 Å². The third-order valence-corrected chi connectivity index (χ3v) is 6.47. The first kappa shape index (κ1) is 21.2. The molecule has 29 heavy (non-hydrogen) atoms. The monoisotopic (exact) mass is 398 g/mol. The molecule has 0 bridgehead atoms. The normalized spacial score (nSPS) is 27.8. The number of rotatable bonds is 6. The van der Waals surface area contributed by atoms with Crippen LogP contribution in [0.5, 0.6) is 17.2 Å². The molecule has 3 atom stereocenters. The average molecular weight is 398 g/mol. The molecular weight excluding hydrogens is 368 g/mol. The first-order valence-electron chi connectivity index (χ1n) is 9.98. The highest BCUT2D eigenvalue weighted by molar-refractivity contribution is 6.09. The van der Waals surface area contributed by atoms with Gasteiger partial charge in [0.15, 0.2) is 17.3 Å². The summed E-state index contributed by atoms with van der Waals surface area (Å²) in [5.41, 5.74) is 1.95. The van der Waals surface area contributed by atoms with Crippen molar-refractivity contribution in [1.29, 1.82) is 0 Å². The third kappa shape index (κ3) is 3.48. The molecule has 2 aliphatic rings. The van der Waals surface area contributed by atoms with Crippen molar-refractivity contribution >= 4 is 11.9 Å². The highest BCUT2D eigenvalue weighted by Crippen LogP contribution is 2.54. The largest absolute Gasteiger partial charge is 0.496 e. The molecule has 1 aromatic rings. The van der Waals surface area contributed by atoms with Gasteiger partial charge in [0, 0.05) is 22.6 Å². The number of aliphatic hydroxyl groups is 1. The first-order chi connectivity index (χ1) is 13.9. The van der Waals surface area contributed by atoms with Crippen LogP contribution in [0.2, 0.25) is 0 Å². The molecule has 0 heterocycles. The molecule has 0 radical (unpaired) electrons. The molecular formula is C24H30O5. The smallest absolute Gasteiger partial charge is 0.182 e. The van der Waals surface area contributed by atoms with E-state index in [2.05, 4.69) is 6.58 Å². The van der Waals surface area contributed by atoms with E-state index in [0.717, 1.165) is 30.4 Å². The molecule has 5 nitrogen and oxygen atoms in total. The maximum atomic E-state index is 13.0. The lowest BCUT2D eigenvalue weighted by Crippen LogP contribution is -2.48. The third-order valence-electron chi connectivity index (χ3n) is 6.47. The highest BCUT2D eigenvalue weighted by atomic mass is 16.5. The van der Waals surface area contributed by atoms with Crippen LogP contribution in [0.4, 0.5) is 0 Å². The molecule has 0 amide bonds. The van der Waals surface area contributed by atoms with Crippen molar-refractivity contribution in [3.63, 3.8) is 0 Å². The van der Waals surface area contributed by atoms with Crippen molar-refractivity contribution in [3.8, 4) is 17.2 Å². The maximum absolute atomic E-state index is 13.0. The maximum Gasteiger partial charge on any atom is 0.182 e. The second kappa shape index (κ2) is 8.46. The summed E-state index contributed by atoms with van der Waals surface area (Å²) in [4.78, 5) is 13.0. The van der Waals surface area contributed by atoms with Crippen LogP contribution in [0.3, 0.4) is 0 Å². The molecule has 1 aromatic carbocycles. The van der Waals surface area contributed by atoms with Crippen LogP contribution in [0.1, 0.15) is 38.2 Å². The van der Waals surface area contributed by atoms with Gasteiger partial charge < -0.3 is 19.3 Å². The van der Waals surface area contributed by atoms with E-state index in [1.807, 2.05) is 19.1 Å². The quantitative estimate of drug-likeness (QED) is 0.570. The summed E-state index contributed by atoms with van der Waals surface area (Å²) in [5.74, 6) is 1.54. The Labute approximate surface area is 172 Å². The highest BCUT2D eigenvalue weighted by Gasteiger charge is 2.51. The Morgan fingerprint density at radius 1 is 1.17 bits per heavy atom. The Hall–Kier alpha value is -2.53. The van der Waals surface area contributed by atoms with Crippen LogP contribution in [0, 0.1) is 11.3 Å². The molecule has 156 valence electrons. The second-order valence-electron chi connectivity index (χ2n) is 7.75. The number of carbonyl (C=O) groups is 1. The van der Waals surface area contributed by atoms with Crippen LogP contribution in [0.15, 0.2) is 42.0 Å². The average Bonchev–Trinajstić information content (AvgIpc) is 2.72. The van der Waals surface area contributed by atoms with Crippen molar-refractivity contribution in [2.75, 3.05) is 21.3 Å². The molecule has 0 saturated heterocycles. The van der Waals surface area contributed by atoms with Gasteiger partial charge in [-0.05, 0) is 49.8 Å². The van der Waals surface area contributed by atoms with Gasteiger partial charge in [-0.3, -0.25) is 4.79 Å². The summed E-state index contributed by atoms with van der Waals surface area (Å²) >= 11 is 0. The SMILES string of the molecule is C=CC[C@@]12C(=CC(=O)/C(=C/c3cc(OC)c(OC)cc3OC)[C@@H]1C)CCC[C@@H]2O. The number of benzene rings is 1. The van der Waals surface area contributed by atoms with E-state index < -0.39 is 11.5 Å². The molecule has 0 aliphatic heterocycles. The standard InChI is InChI=1S/C24H30O5/c1-6-10-24-15(2)18(19(25)13-17(24)8-7-9-23(24)26)11-16-12-21(28-4)22(29-5)14-20(16)27-3/h6,11-15,23,26H,1,7-10H2,2-5H3/b18-11+/t15-,23-,24-/m0/s1. The fraction of sp³-hybridized carbons (Fsp3) is 0.458. The second-order valence-corrected chi connectivity index (χ2v) is 7.75. The van der Waals surface area contributed by atoms with Crippen LogP contribution >= 0.6 is 0 Å². The topological polar surface area (TPSA) is 65.0 Å². The number of hydrogen-bond acceptors (Lipinski definition) is 5. The summed E-state index contributed by atoms with van der Waals surface area (Å²) in [6.45, 7) is 5.94. The van der Waals surface area contributed by atoms with E-state index in [4.69, 9.17) is 14.2 Å². The lowest BCUT2D eigenvalue weighted by molar-refractivity contribution is -0.113. The lowest BCUT2D eigenvalue weighted by Gasteiger charge is -2.50. The Kier molecular flexibility index (Phi) is 6.18. The van der Waals surface area contributed by atoms with E-state index in [0.29, 0.717) is 29.2 Å². The summed E-state index contributed by atoms with van der Waals surface area (Å²) < 4.78 is 16.3. The summed E-state index contributed by atoms with van der Waals surface area (Å²) in [6, 6.07) is 3.56. The molecule has 0 unspecified atom stereocenters. The fourth-order valence-electron chi connectivity index (χ4n) is 4.91. The predicted octanol–water partition coefficient (Wildman–Crippen LogP) is 4.35. The van der Waals surface area contributed by atoms with Crippen molar-refractivity contribution < 1.29 is 24.1 Å². The fourth-order valence-corrected chi connectivity index (χ4v) is 4.91.